The van der Waals surface area contributed by atoms with Crippen LogP contribution < -0.4 is 10.2 Å². The van der Waals surface area contributed by atoms with Crippen molar-refractivity contribution in [2.45, 2.75) is 17.7 Å². The van der Waals surface area contributed by atoms with E-state index in [4.69, 9.17) is 9.84 Å². The molecule has 0 spiro atoms. The smallest absolute Gasteiger partial charge is 0.341 e. The van der Waals surface area contributed by atoms with E-state index in [1.165, 1.54) is 22.7 Å². The van der Waals surface area contributed by atoms with E-state index in [-0.39, 0.29) is 16.3 Å². The lowest BCUT2D eigenvalue weighted by molar-refractivity contribution is -0.384. The van der Waals surface area contributed by atoms with Gasteiger partial charge in [0.05, 0.1) is 16.0 Å². The number of hydrogen-bond donors (Lipinski definition) is 2. The number of benzene rings is 2. The van der Waals surface area contributed by atoms with Gasteiger partial charge in [0.15, 0.2) is 6.61 Å². The fourth-order valence-corrected chi connectivity index (χ4v) is 4.56. The number of hydrogen-bond acceptors (Lipinski definition) is 8. The van der Waals surface area contributed by atoms with Crippen molar-refractivity contribution in [3.63, 3.8) is 0 Å². The van der Waals surface area contributed by atoms with Crippen molar-refractivity contribution in [2.24, 2.45) is 5.10 Å². The fourth-order valence-electron chi connectivity index (χ4n) is 3.02. The molecule has 31 heavy (non-hydrogen) atoms. The highest BCUT2D eigenvalue weighted by Gasteiger charge is 2.29. The van der Waals surface area contributed by atoms with Crippen LogP contribution in [0.15, 0.2) is 52.5 Å². The van der Waals surface area contributed by atoms with Gasteiger partial charge < -0.3 is 9.84 Å². The van der Waals surface area contributed by atoms with Crippen molar-refractivity contribution in [3.05, 3.63) is 58.1 Å². The number of carboxylic acids is 1. The maximum absolute atomic E-state index is 12.7. The molecule has 1 fully saturated rings. The van der Waals surface area contributed by atoms with Gasteiger partial charge in [0.2, 0.25) is 10.0 Å². The van der Waals surface area contributed by atoms with Gasteiger partial charge in [-0.3, -0.25) is 15.5 Å². The molecule has 0 bridgehead atoms. The summed E-state index contributed by atoms with van der Waals surface area (Å²) in [5, 5.41) is 24.2. The number of sulfonamides is 1. The van der Waals surface area contributed by atoms with Crippen molar-refractivity contribution in [2.75, 3.05) is 25.1 Å². The van der Waals surface area contributed by atoms with Gasteiger partial charge in [-0.05, 0) is 37.1 Å². The molecule has 1 saturated heterocycles. The SMILES string of the molecule is O=C(O)COc1ccccc1/C=N/Nc1ccc(S(=O)(=O)N2CCCC2)cc1[N+](=O)[O-]. The highest BCUT2D eigenvalue weighted by Crippen LogP contribution is 2.30. The summed E-state index contributed by atoms with van der Waals surface area (Å²) in [5.74, 6) is -0.860. The monoisotopic (exact) mass is 448 g/mol. The van der Waals surface area contributed by atoms with Crippen molar-refractivity contribution >= 4 is 33.6 Å². The van der Waals surface area contributed by atoms with E-state index >= 15 is 0 Å². The first-order valence-electron chi connectivity index (χ1n) is 9.30. The predicted molar refractivity (Wildman–Crippen MR) is 112 cm³/mol. The molecule has 164 valence electrons. The first-order valence-corrected chi connectivity index (χ1v) is 10.7. The van der Waals surface area contributed by atoms with Gasteiger partial charge in [-0.1, -0.05) is 12.1 Å². The average molecular weight is 448 g/mol. The van der Waals surface area contributed by atoms with E-state index in [9.17, 15) is 23.3 Å². The van der Waals surface area contributed by atoms with Gasteiger partial charge >= 0.3 is 5.97 Å². The van der Waals surface area contributed by atoms with Gasteiger partial charge in [0.25, 0.3) is 5.69 Å². The average Bonchev–Trinajstić information content (AvgIpc) is 3.29. The number of carbonyl (C=O) groups is 1. The van der Waals surface area contributed by atoms with E-state index in [2.05, 4.69) is 10.5 Å². The Bertz CT molecular complexity index is 1110. The first kappa shape index (κ1) is 22.2. The minimum atomic E-state index is -3.80. The molecule has 0 atom stereocenters. The summed E-state index contributed by atoms with van der Waals surface area (Å²) in [6.07, 6.45) is 2.83. The molecule has 2 aromatic carbocycles. The van der Waals surface area contributed by atoms with Crippen LogP contribution in [0.25, 0.3) is 0 Å². The Hall–Kier alpha value is -3.51. The molecular formula is C19H20N4O7S. The molecule has 1 aliphatic heterocycles. The molecule has 0 aromatic heterocycles. The normalized spacial score (nSPS) is 14.6. The molecule has 3 rings (SSSR count). The molecule has 2 aromatic rings. The molecule has 12 heteroatoms. The lowest BCUT2D eigenvalue weighted by Crippen LogP contribution is -2.27. The number of nitrogens with one attached hydrogen (secondary N) is 1. The minimum absolute atomic E-state index is 0.00515. The highest BCUT2D eigenvalue weighted by molar-refractivity contribution is 7.89. The van der Waals surface area contributed by atoms with Crippen LogP contribution in [0.2, 0.25) is 0 Å². The largest absolute Gasteiger partial charge is 0.481 e. The molecule has 0 amide bonds. The number of anilines is 1. The zero-order valence-corrected chi connectivity index (χ0v) is 17.1. The number of ether oxygens (including phenoxy) is 1. The van der Waals surface area contributed by atoms with Crippen LogP contribution in [0.4, 0.5) is 11.4 Å². The van der Waals surface area contributed by atoms with Gasteiger partial charge in [0, 0.05) is 24.7 Å². The summed E-state index contributed by atoms with van der Waals surface area (Å²) in [7, 11) is -3.80. The maximum Gasteiger partial charge on any atom is 0.341 e. The van der Waals surface area contributed by atoms with E-state index in [0.29, 0.717) is 18.7 Å². The number of rotatable bonds is 9. The predicted octanol–water partition coefficient (Wildman–Crippen LogP) is 2.29. The second-order valence-electron chi connectivity index (χ2n) is 6.64. The lowest BCUT2D eigenvalue weighted by atomic mass is 10.2. The summed E-state index contributed by atoms with van der Waals surface area (Å²) in [6.45, 7) is 0.254. The van der Waals surface area contributed by atoms with Gasteiger partial charge in [0.1, 0.15) is 11.4 Å². The molecule has 2 N–H and O–H groups in total. The van der Waals surface area contributed by atoms with E-state index in [1.54, 1.807) is 24.3 Å². The molecule has 0 unspecified atom stereocenters. The molecule has 0 radical (unpaired) electrons. The summed E-state index contributed by atoms with van der Waals surface area (Å²) < 4.78 is 31.8. The van der Waals surface area contributed by atoms with E-state index < -0.39 is 33.2 Å². The third-order valence-corrected chi connectivity index (χ3v) is 6.42. The Labute approximate surface area is 178 Å². The molecular weight excluding hydrogens is 428 g/mol. The number of aliphatic carboxylic acids is 1. The number of nitro benzene ring substituents is 1. The first-order chi connectivity index (χ1) is 14.8. The van der Waals surface area contributed by atoms with Crippen molar-refractivity contribution in [3.8, 4) is 5.75 Å². The maximum atomic E-state index is 12.7. The van der Waals surface area contributed by atoms with E-state index in [0.717, 1.165) is 18.9 Å². The second kappa shape index (κ2) is 9.53. The van der Waals surface area contributed by atoms with Crippen LogP contribution in [-0.2, 0) is 14.8 Å². The molecule has 11 nitrogen and oxygen atoms in total. The molecule has 1 aliphatic rings. The lowest BCUT2D eigenvalue weighted by Gasteiger charge is -2.15. The summed E-state index contributed by atoms with van der Waals surface area (Å²) in [4.78, 5) is 21.3. The summed E-state index contributed by atoms with van der Waals surface area (Å²) >= 11 is 0. The van der Waals surface area contributed by atoms with Crippen LogP contribution >= 0.6 is 0 Å². The van der Waals surface area contributed by atoms with E-state index in [1.807, 2.05) is 0 Å². The standard InChI is InChI=1S/C19H20N4O7S/c24-19(25)13-30-18-6-2-1-5-14(18)12-20-21-16-8-7-15(11-17(16)23(26)27)31(28,29)22-9-3-4-10-22/h1-2,5-8,11-12,21H,3-4,9-10,13H2,(H,24,25)/b20-12+. The zero-order chi connectivity index (χ0) is 22.4. The van der Waals surface area contributed by atoms with Crippen molar-refractivity contribution in [1.29, 1.82) is 0 Å². The Morgan fingerprint density at radius 1 is 1.26 bits per heavy atom. The fraction of sp³-hybridized carbons (Fsp3) is 0.263. The second-order valence-corrected chi connectivity index (χ2v) is 8.58. The van der Waals surface area contributed by atoms with Crippen molar-refractivity contribution in [1.82, 2.24) is 4.31 Å². The minimum Gasteiger partial charge on any atom is -0.481 e. The molecule has 0 aliphatic carbocycles. The van der Waals surface area contributed by atoms with Crippen LogP contribution in [0, 0.1) is 10.1 Å². The zero-order valence-electron chi connectivity index (χ0n) is 16.3. The van der Waals surface area contributed by atoms with Crippen LogP contribution in [-0.4, -0.2) is 54.6 Å². The Morgan fingerprint density at radius 3 is 2.65 bits per heavy atom. The Balaban J connectivity index is 1.81. The quantitative estimate of drug-likeness (QED) is 0.337. The Kier molecular flexibility index (Phi) is 6.82. The van der Waals surface area contributed by atoms with Crippen LogP contribution in [0.5, 0.6) is 5.75 Å². The van der Waals surface area contributed by atoms with Gasteiger partial charge in [-0.15, -0.1) is 0 Å². The van der Waals surface area contributed by atoms with Gasteiger partial charge in [-0.25, -0.2) is 13.2 Å². The third kappa shape index (κ3) is 5.35. The molecule has 1 heterocycles. The topological polar surface area (TPSA) is 151 Å². The van der Waals surface area contributed by atoms with Gasteiger partial charge in [-0.2, -0.15) is 9.41 Å². The number of carboxylic acid groups (broad SMARTS) is 1. The molecule has 0 saturated carbocycles. The number of nitro groups is 1. The summed E-state index contributed by atoms with van der Waals surface area (Å²) in [6, 6.07) is 10.1. The number of nitrogens with zero attached hydrogens (tertiary/aromatic N) is 3. The van der Waals surface area contributed by atoms with Crippen molar-refractivity contribution < 1.29 is 28.0 Å². The summed E-state index contributed by atoms with van der Waals surface area (Å²) in [5.41, 5.74) is 2.55. The highest BCUT2D eigenvalue weighted by atomic mass is 32.2. The number of hydrazone groups is 1. The Morgan fingerprint density at radius 2 is 1.97 bits per heavy atom. The van der Waals surface area contributed by atoms with Crippen LogP contribution in [0.3, 0.4) is 0 Å². The van der Waals surface area contributed by atoms with Crippen LogP contribution in [0.1, 0.15) is 18.4 Å². The third-order valence-electron chi connectivity index (χ3n) is 4.53. The number of para-hydroxylation sites is 1.